The average molecular weight is 157 g/mol. The molecule has 1 atom stereocenters. The Kier molecular flexibility index (Phi) is 4.50. The first kappa shape index (κ1) is 10.1. The van der Waals surface area contributed by atoms with Crippen molar-refractivity contribution in [2.45, 2.75) is 33.3 Å². The molecule has 0 bridgehead atoms. The number of nitrogens with one attached hydrogen (secondary N) is 1. The van der Waals surface area contributed by atoms with Gasteiger partial charge in [0, 0.05) is 6.21 Å². The highest BCUT2D eigenvalue weighted by Crippen LogP contribution is 2.03. The van der Waals surface area contributed by atoms with Crippen LogP contribution in [0.1, 0.15) is 27.2 Å². The van der Waals surface area contributed by atoms with Crippen molar-refractivity contribution in [1.82, 2.24) is 0 Å². The van der Waals surface area contributed by atoms with Crippen molar-refractivity contribution in [2.75, 3.05) is 0 Å². The van der Waals surface area contributed by atoms with Crippen LogP contribution >= 0.6 is 0 Å². The molecule has 0 spiro atoms. The molecule has 11 heavy (non-hydrogen) atoms. The fourth-order valence-electron chi connectivity index (χ4n) is 0.672. The lowest BCUT2D eigenvalue weighted by Gasteiger charge is -2.11. The van der Waals surface area contributed by atoms with Gasteiger partial charge in [-0.3, -0.25) is 4.79 Å². The molecule has 0 saturated carbocycles. The van der Waals surface area contributed by atoms with Crippen LogP contribution in [0.5, 0.6) is 0 Å². The van der Waals surface area contributed by atoms with Gasteiger partial charge in [-0.2, -0.15) is 0 Å². The number of ether oxygens (including phenoxy) is 1. The Morgan fingerprint density at radius 3 is 2.45 bits per heavy atom. The molecule has 0 amide bonds. The molecule has 0 heterocycles. The van der Waals surface area contributed by atoms with E-state index < -0.39 is 0 Å². The summed E-state index contributed by atoms with van der Waals surface area (Å²) < 4.78 is 4.90. The molecule has 0 aromatic rings. The molecule has 0 unspecified atom stereocenters. The van der Waals surface area contributed by atoms with Gasteiger partial charge in [0.1, 0.15) is 0 Å². The summed E-state index contributed by atoms with van der Waals surface area (Å²) in [5.74, 6) is -0.657. The molecule has 0 rings (SSSR count). The van der Waals surface area contributed by atoms with Crippen molar-refractivity contribution in [2.24, 2.45) is 5.92 Å². The summed E-state index contributed by atoms with van der Waals surface area (Å²) in [5.41, 5.74) is 0. The molecule has 0 aliphatic rings. The molecule has 1 N–H and O–H groups in total. The number of hydrogen-bond donors (Lipinski definition) is 1. The smallest absolute Gasteiger partial charge is 0.314 e. The van der Waals surface area contributed by atoms with Crippen molar-refractivity contribution in [3.8, 4) is 0 Å². The molecule has 0 aromatic carbocycles. The van der Waals surface area contributed by atoms with Gasteiger partial charge < -0.3 is 10.1 Å². The zero-order valence-electron chi connectivity index (χ0n) is 7.26. The maximum Gasteiger partial charge on any atom is 0.314 e. The van der Waals surface area contributed by atoms with E-state index >= 15 is 0 Å². The van der Waals surface area contributed by atoms with Crippen molar-refractivity contribution in [3.05, 3.63) is 0 Å². The van der Waals surface area contributed by atoms with Crippen LogP contribution in [0.15, 0.2) is 0 Å². The van der Waals surface area contributed by atoms with Crippen LogP contribution in [-0.2, 0) is 9.53 Å². The van der Waals surface area contributed by atoms with E-state index in [0.29, 0.717) is 6.42 Å². The zero-order valence-corrected chi connectivity index (χ0v) is 7.26. The molecule has 0 aromatic heterocycles. The van der Waals surface area contributed by atoms with Crippen molar-refractivity contribution < 1.29 is 9.53 Å². The van der Waals surface area contributed by atoms with E-state index in [1.54, 1.807) is 13.8 Å². The van der Waals surface area contributed by atoms with Crippen molar-refractivity contribution >= 4 is 12.2 Å². The largest absolute Gasteiger partial charge is 0.462 e. The molecule has 0 aliphatic heterocycles. The molecule has 0 saturated heterocycles. The van der Waals surface area contributed by atoms with Crippen LogP contribution in [0.2, 0.25) is 0 Å². The normalized spacial score (nSPS) is 12.7. The molecule has 3 heteroatoms. The standard InChI is InChI=1S/C8H15NO2/c1-4-7(5-9)8(10)11-6(2)3/h5-7,9H,4H2,1-3H3/t7-/m0/s1. The Bertz CT molecular complexity index is 143. The summed E-state index contributed by atoms with van der Waals surface area (Å²) in [6, 6.07) is 0. The Hall–Kier alpha value is -0.860. The predicted octanol–water partition coefficient (Wildman–Crippen LogP) is 1.61. The highest BCUT2D eigenvalue weighted by atomic mass is 16.5. The molecule has 0 fully saturated rings. The van der Waals surface area contributed by atoms with Gasteiger partial charge in [0.25, 0.3) is 0 Å². The minimum atomic E-state index is -0.364. The summed E-state index contributed by atoms with van der Waals surface area (Å²) >= 11 is 0. The minimum Gasteiger partial charge on any atom is -0.462 e. The zero-order chi connectivity index (χ0) is 8.85. The van der Waals surface area contributed by atoms with E-state index in [4.69, 9.17) is 10.1 Å². The Morgan fingerprint density at radius 1 is 1.64 bits per heavy atom. The second-order valence-corrected chi connectivity index (χ2v) is 2.67. The lowest BCUT2D eigenvalue weighted by Crippen LogP contribution is -2.21. The topological polar surface area (TPSA) is 50.2 Å². The number of carbonyl (C=O) groups is 1. The third-order valence-corrected chi connectivity index (χ3v) is 1.30. The lowest BCUT2D eigenvalue weighted by molar-refractivity contribution is -0.149. The first-order chi connectivity index (χ1) is 5.11. The van der Waals surface area contributed by atoms with E-state index in [-0.39, 0.29) is 18.0 Å². The van der Waals surface area contributed by atoms with E-state index in [1.165, 1.54) is 0 Å². The second kappa shape index (κ2) is 4.88. The molecular formula is C8H15NO2. The fourth-order valence-corrected chi connectivity index (χ4v) is 0.672. The van der Waals surface area contributed by atoms with Crippen LogP contribution < -0.4 is 0 Å². The van der Waals surface area contributed by atoms with Gasteiger partial charge in [-0.15, -0.1) is 0 Å². The van der Waals surface area contributed by atoms with Crippen LogP contribution in [0.3, 0.4) is 0 Å². The van der Waals surface area contributed by atoms with Crippen LogP contribution in [0, 0.1) is 11.3 Å². The van der Waals surface area contributed by atoms with Gasteiger partial charge in [0.15, 0.2) is 0 Å². The minimum absolute atomic E-state index is 0.0866. The van der Waals surface area contributed by atoms with Gasteiger partial charge in [0.05, 0.1) is 12.0 Å². The van der Waals surface area contributed by atoms with E-state index in [0.717, 1.165) is 6.21 Å². The monoisotopic (exact) mass is 157 g/mol. The highest BCUT2D eigenvalue weighted by Gasteiger charge is 2.15. The Labute approximate surface area is 67.3 Å². The maximum atomic E-state index is 11.0. The summed E-state index contributed by atoms with van der Waals surface area (Å²) in [4.78, 5) is 11.0. The highest BCUT2D eigenvalue weighted by molar-refractivity contribution is 5.88. The van der Waals surface area contributed by atoms with E-state index in [9.17, 15) is 4.79 Å². The second-order valence-electron chi connectivity index (χ2n) is 2.67. The van der Waals surface area contributed by atoms with Crippen LogP contribution in [-0.4, -0.2) is 18.3 Å². The molecular weight excluding hydrogens is 142 g/mol. The average Bonchev–Trinajstić information content (AvgIpc) is 1.88. The first-order valence-electron chi connectivity index (χ1n) is 3.82. The summed E-state index contributed by atoms with van der Waals surface area (Å²) in [5, 5.41) is 6.91. The van der Waals surface area contributed by atoms with Gasteiger partial charge >= 0.3 is 5.97 Å². The first-order valence-corrected chi connectivity index (χ1v) is 3.82. The molecule has 0 radical (unpaired) electrons. The van der Waals surface area contributed by atoms with Gasteiger partial charge in [-0.25, -0.2) is 0 Å². The van der Waals surface area contributed by atoms with E-state index in [1.807, 2.05) is 6.92 Å². The van der Waals surface area contributed by atoms with Crippen LogP contribution in [0.4, 0.5) is 0 Å². The number of rotatable bonds is 4. The summed E-state index contributed by atoms with van der Waals surface area (Å²) in [6.45, 7) is 5.46. The third-order valence-electron chi connectivity index (χ3n) is 1.30. The molecule has 3 nitrogen and oxygen atoms in total. The van der Waals surface area contributed by atoms with Gasteiger partial charge in [-0.05, 0) is 20.3 Å². The molecule has 64 valence electrons. The van der Waals surface area contributed by atoms with E-state index in [2.05, 4.69) is 0 Å². The number of esters is 1. The predicted molar refractivity (Wildman–Crippen MR) is 43.8 cm³/mol. The number of hydrogen-bond acceptors (Lipinski definition) is 3. The van der Waals surface area contributed by atoms with Crippen LogP contribution in [0.25, 0.3) is 0 Å². The SMILES string of the molecule is CC[C@@H](C=N)C(=O)OC(C)C. The van der Waals surface area contributed by atoms with Crippen molar-refractivity contribution in [3.63, 3.8) is 0 Å². The fraction of sp³-hybridized carbons (Fsp3) is 0.750. The van der Waals surface area contributed by atoms with Gasteiger partial charge in [0.2, 0.25) is 0 Å². The summed E-state index contributed by atoms with van der Waals surface area (Å²) in [7, 11) is 0. The Balaban J connectivity index is 3.89. The van der Waals surface area contributed by atoms with Crippen molar-refractivity contribution in [1.29, 1.82) is 5.41 Å². The van der Waals surface area contributed by atoms with Gasteiger partial charge in [-0.1, -0.05) is 6.92 Å². The lowest BCUT2D eigenvalue weighted by atomic mass is 10.1. The number of carbonyl (C=O) groups excluding carboxylic acids is 1. The summed E-state index contributed by atoms with van der Waals surface area (Å²) in [6.07, 6.45) is 1.68. The quantitative estimate of drug-likeness (QED) is 0.498. The molecule has 0 aliphatic carbocycles. The third kappa shape index (κ3) is 3.75. The maximum absolute atomic E-state index is 11.0. The Morgan fingerprint density at radius 2 is 2.18 bits per heavy atom.